The van der Waals surface area contributed by atoms with Crippen LogP contribution in [-0.2, 0) is 4.79 Å². The Morgan fingerprint density at radius 2 is 1.84 bits per heavy atom. The van der Waals surface area contributed by atoms with Crippen LogP contribution >= 0.6 is 23.4 Å². The monoisotopic (exact) mass is 463 g/mol. The van der Waals surface area contributed by atoms with Crippen molar-refractivity contribution < 1.29 is 9.18 Å². The van der Waals surface area contributed by atoms with Gasteiger partial charge in [-0.3, -0.25) is 14.7 Å². The second kappa shape index (κ2) is 7.95. The zero-order chi connectivity index (χ0) is 21.9. The van der Waals surface area contributed by atoms with Crippen molar-refractivity contribution in [1.29, 1.82) is 0 Å². The van der Waals surface area contributed by atoms with E-state index in [1.54, 1.807) is 22.7 Å². The van der Waals surface area contributed by atoms with Gasteiger partial charge in [0.25, 0.3) is 0 Å². The van der Waals surface area contributed by atoms with Gasteiger partial charge in [-0.1, -0.05) is 23.4 Å². The van der Waals surface area contributed by atoms with Crippen molar-refractivity contribution in [1.82, 2.24) is 4.90 Å². The highest BCUT2D eigenvalue weighted by Crippen LogP contribution is 2.57. The highest BCUT2D eigenvalue weighted by Gasteiger charge is 2.52. The minimum atomic E-state index is -0.431. The molecule has 1 atom stereocenters. The zero-order valence-corrected chi connectivity index (χ0v) is 20.1. The highest BCUT2D eigenvalue weighted by atomic mass is 35.5. The first-order chi connectivity index (χ1) is 14.7. The van der Waals surface area contributed by atoms with Crippen LogP contribution in [-0.4, -0.2) is 39.5 Å². The molecule has 1 aliphatic heterocycles. The van der Waals surface area contributed by atoms with E-state index in [0.717, 1.165) is 22.9 Å². The average Bonchev–Trinajstić information content (AvgIpc) is 3.06. The summed E-state index contributed by atoms with van der Waals surface area (Å²) >= 11 is 7.87. The Kier molecular flexibility index (Phi) is 5.53. The molecule has 4 nitrogen and oxygen atoms in total. The third-order valence-electron chi connectivity index (χ3n) is 7.60. The van der Waals surface area contributed by atoms with Gasteiger partial charge in [-0.25, -0.2) is 4.39 Å². The van der Waals surface area contributed by atoms with E-state index in [2.05, 4.69) is 18.7 Å². The average molecular weight is 464 g/mol. The predicted octanol–water partition coefficient (Wildman–Crippen LogP) is 5.94. The van der Waals surface area contributed by atoms with Gasteiger partial charge in [-0.15, -0.1) is 0 Å². The lowest BCUT2D eigenvalue weighted by molar-refractivity contribution is -0.117. The summed E-state index contributed by atoms with van der Waals surface area (Å²) in [6, 6.07) is 4.55. The van der Waals surface area contributed by atoms with Crippen molar-refractivity contribution in [3.8, 4) is 0 Å². The van der Waals surface area contributed by atoms with Gasteiger partial charge in [0, 0.05) is 23.7 Å². The molecule has 7 heteroatoms. The minimum absolute atomic E-state index is 0.0709. The van der Waals surface area contributed by atoms with Crippen LogP contribution in [0.1, 0.15) is 59.3 Å². The molecule has 31 heavy (non-hydrogen) atoms. The first kappa shape index (κ1) is 21.6. The molecule has 0 aromatic heterocycles. The summed E-state index contributed by atoms with van der Waals surface area (Å²) in [5.41, 5.74) is 0.314. The van der Waals surface area contributed by atoms with E-state index < -0.39 is 5.82 Å². The fourth-order valence-electron chi connectivity index (χ4n) is 6.90. The number of thioether (sulfide) groups is 1. The van der Waals surface area contributed by atoms with Crippen molar-refractivity contribution in [2.45, 2.75) is 77.0 Å². The van der Waals surface area contributed by atoms with Crippen LogP contribution < -0.4 is 4.90 Å². The third-order valence-corrected chi connectivity index (χ3v) is 8.86. The molecule has 168 valence electrons. The molecule has 5 fully saturated rings. The number of hydrogen-bond donors (Lipinski definition) is 0. The SMILES string of the molecule is CC(=O)N(c1cc(Cl)ccc1F)C1CSC(=NC23CC4CC(CC(C4)C2)C3)N1C(C)C. The molecule has 1 unspecified atom stereocenters. The van der Waals surface area contributed by atoms with Gasteiger partial charge in [-0.2, -0.15) is 0 Å². The summed E-state index contributed by atoms with van der Waals surface area (Å²) in [6.07, 6.45) is 7.51. The van der Waals surface area contributed by atoms with Gasteiger partial charge in [0.15, 0.2) is 5.17 Å². The molecule has 6 rings (SSSR count). The molecule has 1 aromatic rings. The molecular weight excluding hydrogens is 433 g/mol. The lowest BCUT2D eigenvalue weighted by Crippen LogP contribution is -2.54. The van der Waals surface area contributed by atoms with Crippen LogP contribution in [0.3, 0.4) is 0 Å². The van der Waals surface area contributed by atoms with Crippen LogP contribution in [0.5, 0.6) is 0 Å². The highest BCUT2D eigenvalue weighted by molar-refractivity contribution is 8.14. The third kappa shape index (κ3) is 3.88. The normalized spacial score (nSPS) is 35.4. The van der Waals surface area contributed by atoms with Crippen LogP contribution in [0.2, 0.25) is 5.02 Å². The Labute approximate surface area is 193 Å². The molecule has 0 radical (unpaired) electrons. The van der Waals surface area contributed by atoms with Crippen molar-refractivity contribution in [2.75, 3.05) is 10.7 Å². The smallest absolute Gasteiger partial charge is 0.225 e. The fourth-order valence-corrected chi connectivity index (χ4v) is 8.41. The molecule has 1 amide bonds. The molecular formula is C24H31ClFN3OS. The Morgan fingerprint density at radius 3 is 2.39 bits per heavy atom. The fraction of sp³-hybridized carbons (Fsp3) is 0.667. The lowest BCUT2D eigenvalue weighted by Gasteiger charge is -2.55. The molecule has 4 aliphatic carbocycles. The maximum absolute atomic E-state index is 14.7. The van der Waals surface area contributed by atoms with E-state index in [0.29, 0.717) is 10.8 Å². The van der Waals surface area contributed by atoms with E-state index in [-0.39, 0.29) is 29.3 Å². The van der Waals surface area contributed by atoms with Gasteiger partial charge in [0.1, 0.15) is 12.0 Å². The van der Waals surface area contributed by atoms with Gasteiger partial charge in [-0.05, 0) is 88.3 Å². The van der Waals surface area contributed by atoms with E-state index in [4.69, 9.17) is 16.6 Å². The van der Waals surface area contributed by atoms with E-state index >= 15 is 0 Å². The molecule has 1 aromatic carbocycles. The molecule has 1 saturated heterocycles. The standard InChI is InChI=1S/C24H31ClFN3OS/c1-14(2)28-22(29(15(3)30)21-9-19(25)4-5-20(21)26)13-31-23(28)27-24-10-16-6-17(11-24)8-18(7-16)12-24/h4-5,9,14,16-18,22H,6-8,10-13H2,1-3H3. The summed E-state index contributed by atoms with van der Waals surface area (Å²) in [7, 11) is 0. The maximum Gasteiger partial charge on any atom is 0.225 e. The molecule has 5 aliphatic rings. The van der Waals surface area contributed by atoms with Crippen molar-refractivity contribution in [2.24, 2.45) is 22.7 Å². The zero-order valence-electron chi connectivity index (χ0n) is 18.5. The molecule has 0 spiro atoms. The van der Waals surface area contributed by atoms with Crippen LogP contribution in [0.25, 0.3) is 0 Å². The number of nitrogens with zero attached hydrogens (tertiary/aromatic N) is 3. The molecule has 1 heterocycles. The van der Waals surface area contributed by atoms with Crippen LogP contribution in [0.4, 0.5) is 10.1 Å². The van der Waals surface area contributed by atoms with E-state index in [9.17, 15) is 9.18 Å². The summed E-state index contributed by atoms with van der Waals surface area (Å²) in [5.74, 6) is 2.56. The Balaban J connectivity index is 1.49. The number of carbonyl (C=O) groups is 1. The molecule has 4 bridgehead atoms. The van der Waals surface area contributed by atoms with E-state index in [1.807, 2.05) is 0 Å². The number of amides is 1. The predicted molar refractivity (Wildman–Crippen MR) is 126 cm³/mol. The number of hydrogen-bond acceptors (Lipinski definition) is 3. The number of carbonyl (C=O) groups excluding carboxylic acids is 1. The largest absolute Gasteiger partial charge is 0.327 e. The summed E-state index contributed by atoms with van der Waals surface area (Å²) in [5, 5.41) is 1.45. The number of benzene rings is 1. The lowest BCUT2D eigenvalue weighted by atomic mass is 9.53. The topological polar surface area (TPSA) is 35.9 Å². The van der Waals surface area contributed by atoms with Crippen LogP contribution in [0, 0.1) is 23.6 Å². The number of rotatable bonds is 4. The Bertz CT molecular complexity index is 885. The quantitative estimate of drug-likeness (QED) is 0.554. The first-order valence-electron chi connectivity index (χ1n) is 11.5. The number of anilines is 1. The van der Waals surface area contributed by atoms with Crippen molar-refractivity contribution in [3.63, 3.8) is 0 Å². The van der Waals surface area contributed by atoms with Gasteiger partial charge in [0.05, 0.1) is 11.2 Å². The Hall–Kier alpha value is -1.27. The summed E-state index contributed by atoms with van der Waals surface area (Å²) < 4.78 is 14.7. The minimum Gasteiger partial charge on any atom is -0.327 e. The van der Waals surface area contributed by atoms with E-state index in [1.165, 1.54) is 57.6 Å². The number of halogens is 2. The first-order valence-corrected chi connectivity index (χ1v) is 12.9. The Morgan fingerprint density at radius 1 is 1.23 bits per heavy atom. The van der Waals surface area contributed by atoms with Gasteiger partial charge >= 0.3 is 0 Å². The van der Waals surface area contributed by atoms with Gasteiger partial charge < -0.3 is 4.90 Å². The van der Waals surface area contributed by atoms with Crippen LogP contribution in [0.15, 0.2) is 23.2 Å². The number of amidine groups is 1. The second-order valence-corrected chi connectivity index (χ2v) is 11.7. The number of aliphatic imine (C=N–C) groups is 1. The van der Waals surface area contributed by atoms with Gasteiger partial charge in [0.2, 0.25) is 5.91 Å². The van der Waals surface area contributed by atoms with Crippen molar-refractivity contribution in [3.05, 3.63) is 29.0 Å². The maximum atomic E-state index is 14.7. The summed E-state index contributed by atoms with van der Waals surface area (Å²) in [4.78, 5) is 22.0. The summed E-state index contributed by atoms with van der Waals surface area (Å²) in [6.45, 7) is 5.75. The second-order valence-electron chi connectivity index (χ2n) is 10.3. The molecule has 0 N–H and O–H groups in total. The molecule has 4 saturated carbocycles. The van der Waals surface area contributed by atoms with Crippen molar-refractivity contribution >= 4 is 40.1 Å².